The smallest absolute Gasteiger partial charge is 0.420 e. The number of hydrogen-bond donors (Lipinski definition) is 3. The predicted octanol–water partition coefficient (Wildman–Crippen LogP) is 2.77. The minimum Gasteiger partial charge on any atom is -0.494 e. The molecule has 0 bridgehead atoms. The molecule has 0 heterocycles. The molecule has 0 radical (unpaired) electrons. The van der Waals surface area contributed by atoms with E-state index in [1.54, 1.807) is 39.0 Å². The molecule has 0 aliphatic carbocycles. The topological polar surface area (TPSA) is 114 Å². The number of nitrogens with one attached hydrogen (secondary N) is 1. The molecular formula is C15H21N3O5S. The first-order chi connectivity index (χ1) is 11.0. The number of rotatable bonds is 4. The van der Waals surface area contributed by atoms with Crippen molar-refractivity contribution in [2.24, 2.45) is 5.73 Å². The zero-order valence-corrected chi connectivity index (χ0v) is 14.8. The highest BCUT2D eigenvalue weighted by Crippen LogP contribution is 2.30. The lowest BCUT2D eigenvalue weighted by Crippen LogP contribution is -2.39. The van der Waals surface area contributed by atoms with Crippen LogP contribution in [0.1, 0.15) is 26.3 Å². The molecule has 0 atom stereocenters. The number of amides is 2. The zero-order valence-electron chi connectivity index (χ0n) is 14.0. The summed E-state index contributed by atoms with van der Waals surface area (Å²) >= 11 is 4.79. The number of nitrogens with zero attached hydrogens (tertiary/aromatic N) is 1. The maximum Gasteiger partial charge on any atom is 0.420 e. The highest BCUT2D eigenvalue weighted by Gasteiger charge is 2.28. The van der Waals surface area contributed by atoms with Crippen molar-refractivity contribution in [2.75, 3.05) is 12.4 Å². The monoisotopic (exact) mass is 355 g/mol. The van der Waals surface area contributed by atoms with Gasteiger partial charge in [0.1, 0.15) is 11.4 Å². The molecule has 24 heavy (non-hydrogen) atoms. The molecule has 1 aromatic rings. The lowest BCUT2D eigenvalue weighted by molar-refractivity contribution is 0.0254. The molecule has 0 aliphatic heterocycles. The number of para-hydroxylation sites is 1. The van der Waals surface area contributed by atoms with Crippen LogP contribution in [0, 0.1) is 0 Å². The van der Waals surface area contributed by atoms with E-state index >= 15 is 0 Å². The van der Waals surface area contributed by atoms with Crippen molar-refractivity contribution < 1.29 is 24.2 Å². The van der Waals surface area contributed by atoms with Crippen LogP contribution in [0.2, 0.25) is 0 Å². The van der Waals surface area contributed by atoms with Crippen LogP contribution in [0.25, 0.3) is 0 Å². The molecule has 8 nitrogen and oxygen atoms in total. The molecule has 0 fully saturated rings. The number of methoxy groups -OCH3 is 1. The zero-order chi connectivity index (χ0) is 18.5. The Labute approximate surface area is 145 Å². The molecule has 0 spiro atoms. The van der Waals surface area contributed by atoms with Crippen molar-refractivity contribution >= 4 is 35.2 Å². The number of imide groups is 1. The van der Waals surface area contributed by atoms with E-state index in [4.69, 9.17) is 27.4 Å². The number of benzene rings is 1. The first-order valence-corrected chi connectivity index (χ1v) is 7.41. The van der Waals surface area contributed by atoms with Gasteiger partial charge >= 0.3 is 12.2 Å². The second kappa shape index (κ2) is 7.82. The molecule has 0 aromatic heterocycles. The first kappa shape index (κ1) is 19.5. The van der Waals surface area contributed by atoms with Crippen molar-refractivity contribution in [2.45, 2.75) is 32.9 Å². The molecular weight excluding hydrogens is 334 g/mol. The third-order valence-electron chi connectivity index (χ3n) is 2.73. The molecule has 0 saturated carbocycles. The average Bonchev–Trinajstić information content (AvgIpc) is 2.41. The Hall–Kier alpha value is -2.55. The summed E-state index contributed by atoms with van der Waals surface area (Å²) in [5, 5.41) is 12.1. The summed E-state index contributed by atoms with van der Waals surface area (Å²) in [6.07, 6.45) is -2.40. The van der Waals surface area contributed by atoms with Gasteiger partial charge in [-0.05, 0) is 39.1 Å². The third kappa shape index (κ3) is 5.58. The minimum atomic E-state index is -1.43. The van der Waals surface area contributed by atoms with Gasteiger partial charge in [0.05, 0.1) is 19.3 Å². The van der Waals surface area contributed by atoms with Crippen LogP contribution in [0.3, 0.4) is 0 Å². The van der Waals surface area contributed by atoms with Crippen molar-refractivity contribution in [3.63, 3.8) is 0 Å². The van der Waals surface area contributed by atoms with Gasteiger partial charge in [-0.15, -0.1) is 0 Å². The Morgan fingerprint density at radius 3 is 2.46 bits per heavy atom. The summed E-state index contributed by atoms with van der Waals surface area (Å²) in [5.41, 5.74) is 5.56. The van der Waals surface area contributed by atoms with E-state index in [-0.39, 0.29) is 11.7 Å². The first-order valence-electron chi connectivity index (χ1n) is 7.01. The van der Waals surface area contributed by atoms with Crippen LogP contribution in [-0.4, -0.2) is 40.0 Å². The lowest BCUT2D eigenvalue weighted by Gasteiger charge is -2.25. The molecule has 2 amide bonds. The predicted molar refractivity (Wildman–Crippen MR) is 93.2 cm³/mol. The lowest BCUT2D eigenvalue weighted by atomic mass is 10.1. The number of carbonyl (C=O) groups is 2. The Morgan fingerprint density at radius 1 is 1.38 bits per heavy atom. The number of thiocarbonyl (C=S) groups is 1. The fourth-order valence-electron chi connectivity index (χ4n) is 1.88. The molecule has 0 aliphatic rings. The van der Waals surface area contributed by atoms with Gasteiger partial charge in [0.2, 0.25) is 0 Å². The van der Waals surface area contributed by atoms with Gasteiger partial charge in [-0.2, -0.15) is 0 Å². The molecule has 4 N–H and O–H groups in total. The standard InChI is InChI=1S/C15H21N3O5S/c1-15(2,3)23-14(21)18(13(19)20)8-9-6-5-7-10(11(9)22-4)17-12(16)24/h5-7H,8H2,1-4H3,(H,19,20)(H3,16,17,24). The summed E-state index contributed by atoms with van der Waals surface area (Å²) in [7, 11) is 1.42. The Balaban J connectivity index is 3.13. The van der Waals surface area contributed by atoms with Gasteiger partial charge in [0.25, 0.3) is 0 Å². The van der Waals surface area contributed by atoms with Crippen molar-refractivity contribution in [1.82, 2.24) is 4.90 Å². The van der Waals surface area contributed by atoms with Gasteiger partial charge in [-0.1, -0.05) is 12.1 Å². The third-order valence-corrected chi connectivity index (χ3v) is 2.83. The SMILES string of the molecule is COc1c(CN(C(=O)O)C(=O)OC(C)(C)C)cccc1NC(N)=S. The van der Waals surface area contributed by atoms with E-state index in [1.807, 2.05) is 0 Å². The van der Waals surface area contributed by atoms with E-state index < -0.39 is 17.8 Å². The second-order valence-corrected chi connectivity index (χ2v) is 6.28. The van der Waals surface area contributed by atoms with Crippen LogP contribution in [0.5, 0.6) is 5.75 Å². The van der Waals surface area contributed by atoms with Gasteiger partial charge in [0.15, 0.2) is 5.11 Å². The summed E-state index contributed by atoms with van der Waals surface area (Å²) < 4.78 is 10.4. The fraction of sp³-hybridized carbons (Fsp3) is 0.400. The van der Waals surface area contributed by atoms with Crippen LogP contribution >= 0.6 is 12.2 Å². The van der Waals surface area contributed by atoms with Crippen LogP contribution < -0.4 is 15.8 Å². The molecule has 132 valence electrons. The number of anilines is 1. The molecule has 1 aromatic carbocycles. The van der Waals surface area contributed by atoms with Crippen molar-refractivity contribution in [3.8, 4) is 5.75 Å². The highest BCUT2D eigenvalue weighted by atomic mass is 32.1. The molecule has 0 unspecified atom stereocenters. The number of carboxylic acid groups (broad SMARTS) is 1. The summed E-state index contributed by atoms with van der Waals surface area (Å²) in [5.74, 6) is 0.333. The van der Waals surface area contributed by atoms with E-state index in [0.29, 0.717) is 21.9 Å². The summed E-state index contributed by atoms with van der Waals surface area (Å²) in [6, 6.07) is 4.96. The van der Waals surface area contributed by atoms with E-state index in [0.717, 1.165) is 0 Å². The number of ether oxygens (including phenoxy) is 2. The van der Waals surface area contributed by atoms with Crippen molar-refractivity contribution in [1.29, 1.82) is 0 Å². The van der Waals surface area contributed by atoms with E-state index in [9.17, 15) is 14.7 Å². The van der Waals surface area contributed by atoms with Crippen LogP contribution in [0.4, 0.5) is 15.3 Å². The van der Waals surface area contributed by atoms with Crippen LogP contribution in [-0.2, 0) is 11.3 Å². The largest absolute Gasteiger partial charge is 0.494 e. The summed E-state index contributed by atoms with van der Waals surface area (Å²) in [6.45, 7) is 4.70. The summed E-state index contributed by atoms with van der Waals surface area (Å²) in [4.78, 5) is 24.1. The number of nitrogens with two attached hydrogens (primary N) is 1. The van der Waals surface area contributed by atoms with Crippen LogP contribution in [0.15, 0.2) is 18.2 Å². The maximum absolute atomic E-state index is 12.1. The normalized spacial score (nSPS) is 10.7. The highest BCUT2D eigenvalue weighted by molar-refractivity contribution is 7.80. The molecule has 1 rings (SSSR count). The molecule has 9 heteroatoms. The van der Waals surface area contributed by atoms with Gasteiger partial charge < -0.3 is 25.6 Å². The van der Waals surface area contributed by atoms with Gasteiger partial charge in [0, 0.05) is 5.56 Å². The van der Waals surface area contributed by atoms with Gasteiger partial charge in [-0.3, -0.25) is 0 Å². The van der Waals surface area contributed by atoms with Crippen molar-refractivity contribution in [3.05, 3.63) is 23.8 Å². The van der Waals surface area contributed by atoms with E-state index in [1.165, 1.54) is 7.11 Å². The quantitative estimate of drug-likeness (QED) is 0.706. The second-order valence-electron chi connectivity index (χ2n) is 5.84. The Kier molecular flexibility index (Phi) is 6.35. The molecule has 0 saturated heterocycles. The fourth-order valence-corrected chi connectivity index (χ4v) is 1.99. The van der Waals surface area contributed by atoms with E-state index in [2.05, 4.69) is 5.32 Å². The minimum absolute atomic E-state index is 0.0349. The Morgan fingerprint density at radius 2 is 2.00 bits per heavy atom. The van der Waals surface area contributed by atoms with Gasteiger partial charge in [-0.25, -0.2) is 14.5 Å². The number of carbonyl (C=O) groups excluding carboxylic acids is 1. The Bertz CT molecular complexity index is 642. The number of hydrogen-bond acceptors (Lipinski definition) is 5. The maximum atomic E-state index is 12.1. The average molecular weight is 355 g/mol.